The molecule has 1 radical (unpaired) electrons. The van der Waals surface area contributed by atoms with Crippen molar-refractivity contribution in [3.05, 3.63) is 60.2 Å². The molecule has 0 N–H and O–H groups in total. The lowest BCUT2D eigenvalue weighted by molar-refractivity contribution is 1.17. The van der Waals surface area contributed by atoms with Crippen LogP contribution in [0.15, 0.2) is 54.6 Å². The fraction of sp³-hybridized carbons (Fsp3) is 0.143. The maximum Gasteiger partial charge on any atom is 0.00776 e. The predicted molar refractivity (Wildman–Crippen MR) is 68.0 cm³/mol. The monoisotopic (exact) mass is 213 g/mol. The zero-order valence-corrected chi connectivity index (χ0v) is 9.34. The Morgan fingerprint density at radius 3 is 2.20 bits per heavy atom. The van der Waals surface area contributed by atoms with E-state index >= 15 is 0 Å². The summed E-state index contributed by atoms with van der Waals surface area (Å²) in [5, 5.41) is 0. The van der Waals surface area contributed by atoms with Crippen molar-refractivity contribution >= 4 is 12.6 Å². The third-order valence-corrected chi connectivity index (χ3v) is 2.68. The molecule has 15 heavy (non-hydrogen) atoms. The normalized spacial score (nSPS) is 10.2. The van der Waals surface area contributed by atoms with Gasteiger partial charge in [-0.15, -0.1) is 0 Å². The first-order chi connectivity index (χ1) is 7.42. The molecule has 2 aromatic rings. The highest BCUT2D eigenvalue weighted by Gasteiger charge is 2.02. The highest BCUT2D eigenvalue weighted by atomic mass is 32.1. The summed E-state index contributed by atoms with van der Waals surface area (Å²) in [6, 6.07) is 18.9. The van der Waals surface area contributed by atoms with E-state index in [2.05, 4.69) is 48.5 Å². The Hall–Kier alpha value is -1.21. The molecule has 0 aliphatic heterocycles. The van der Waals surface area contributed by atoms with Crippen LogP contribution in [0.5, 0.6) is 0 Å². The summed E-state index contributed by atoms with van der Waals surface area (Å²) in [6.45, 7) is 0. The molecule has 0 saturated carbocycles. The van der Waals surface area contributed by atoms with E-state index < -0.39 is 0 Å². The van der Waals surface area contributed by atoms with Crippen LogP contribution in [0.2, 0.25) is 0 Å². The minimum Gasteiger partial charge on any atom is -0.0938 e. The average Bonchev–Trinajstić information content (AvgIpc) is 2.31. The third kappa shape index (κ3) is 2.42. The number of rotatable bonds is 3. The smallest absolute Gasteiger partial charge is 0.00776 e. The highest BCUT2D eigenvalue weighted by molar-refractivity contribution is 7.80. The molecule has 0 aliphatic carbocycles. The summed E-state index contributed by atoms with van der Waals surface area (Å²) in [5.74, 6) is 0.782. The van der Waals surface area contributed by atoms with Gasteiger partial charge < -0.3 is 0 Å². The average molecular weight is 213 g/mol. The van der Waals surface area contributed by atoms with E-state index in [1.807, 2.05) is 6.07 Å². The zero-order valence-electron chi connectivity index (χ0n) is 8.52. The standard InChI is InChI=1S/C14H13S/c15-11-10-13-8-4-5-9-14(13)12-6-2-1-3-7-12/h1-9H,10-11H2. The van der Waals surface area contributed by atoms with Crippen molar-refractivity contribution in [2.75, 3.05) is 5.75 Å². The van der Waals surface area contributed by atoms with E-state index in [0.29, 0.717) is 0 Å². The second-order valence-corrected chi connectivity index (χ2v) is 3.89. The fourth-order valence-corrected chi connectivity index (χ4v) is 1.97. The molecule has 0 aromatic heterocycles. The molecule has 1 heteroatoms. The summed E-state index contributed by atoms with van der Waals surface area (Å²) in [5.41, 5.74) is 3.93. The van der Waals surface area contributed by atoms with Crippen molar-refractivity contribution in [2.45, 2.75) is 6.42 Å². The summed E-state index contributed by atoms with van der Waals surface area (Å²) in [7, 11) is 0. The Morgan fingerprint density at radius 2 is 1.47 bits per heavy atom. The van der Waals surface area contributed by atoms with Crippen LogP contribution < -0.4 is 0 Å². The van der Waals surface area contributed by atoms with Crippen LogP contribution in [-0.2, 0) is 6.42 Å². The van der Waals surface area contributed by atoms with Crippen LogP contribution in [0.25, 0.3) is 11.1 Å². The second-order valence-electron chi connectivity index (χ2n) is 3.48. The van der Waals surface area contributed by atoms with Crippen LogP contribution in [0.3, 0.4) is 0 Å². The minimum absolute atomic E-state index is 0.782. The maximum atomic E-state index is 5.04. The summed E-state index contributed by atoms with van der Waals surface area (Å²) < 4.78 is 0. The molecule has 0 amide bonds. The van der Waals surface area contributed by atoms with E-state index in [1.54, 1.807) is 0 Å². The van der Waals surface area contributed by atoms with Gasteiger partial charge in [-0.3, -0.25) is 0 Å². The van der Waals surface area contributed by atoms with Gasteiger partial charge in [-0.1, -0.05) is 67.2 Å². The molecule has 0 nitrogen and oxygen atoms in total. The summed E-state index contributed by atoms with van der Waals surface area (Å²) in [6.07, 6.45) is 0.973. The zero-order chi connectivity index (χ0) is 10.5. The Balaban J connectivity index is 2.43. The van der Waals surface area contributed by atoms with Crippen molar-refractivity contribution in [2.24, 2.45) is 0 Å². The topological polar surface area (TPSA) is 0 Å². The van der Waals surface area contributed by atoms with Gasteiger partial charge in [-0.25, -0.2) is 0 Å². The molecule has 0 aliphatic rings. The molecule has 0 spiro atoms. The lowest BCUT2D eigenvalue weighted by Crippen LogP contribution is -1.90. The Bertz CT molecular complexity index is 420. The molecule has 2 rings (SSSR count). The van der Waals surface area contributed by atoms with E-state index in [4.69, 9.17) is 12.6 Å². The van der Waals surface area contributed by atoms with Gasteiger partial charge in [0.25, 0.3) is 0 Å². The van der Waals surface area contributed by atoms with Gasteiger partial charge in [0.2, 0.25) is 0 Å². The minimum atomic E-state index is 0.782. The molecule has 75 valence electrons. The van der Waals surface area contributed by atoms with Crippen molar-refractivity contribution in [1.82, 2.24) is 0 Å². The first kappa shape index (κ1) is 10.3. The second kappa shape index (κ2) is 5.04. The van der Waals surface area contributed by atoms with Gasteiger partial charge >= 0.3 is 0 Å². The highest BCUT2D eigenvalue weighted by Crippen LogP contribution is 2.23. The lowest BCUT2D eigenvalue weighted by atomic mass is 9.98. The molecule has 0 unspecified atom stereocenters. The van der Waals surface area contributed by atoms with Gasteiger partial charge in [0, 0.05) is 5.75 Å². The number of aryl methyl sites for hydroxylation is 1. The van der Waals surface area contributed by atoms with Crippen molar-refractivity contribution in [1.29, 1.82) is 0 Å². The van der Waals surface area contributed by atoms with Crippen LogP contribution in [0.1, 0.15) is 5.56 Å². The Labute approximate surface area is 96.4 Å². The molecule has 0 bridgehead atoms. The van der Waals surface area contributed by atoms with Gasteiger partial charge in [-0.05, 0) is 23.1 Å². The molecule has 0 fully saturated rings. The van der Waals surface area contributed by atoms with Gasteiger partial charge in [-0.2, -0.15) is 0 Å². The largest absolute Gasteiger partial charge is 0.0938 e. The lowest BCUT2D eigenvalue weighted by Gasteiger charge is -2.07. The van der Waals surface area contributed by atoms with Crippen LogP contribution in [0.4, 0.5) is 0 Å². The van der Waals surface area contributed by atoms with Crippen molar-refractivity contribution in [3.8, 4) is 11.1 Å². The van der Waals surface area contributed by atoms with Gasteiger partial charge in [0.15, 0.2) is 0 Å². The number of hydrogen-bond donors (Lipinski definition) is 0. The van der Waals surface area contributed by atoms with Crippen molar-refractivity contribution < 1.29 is 0 Å². The van der Waals surface area contributed by atoms with Crippen LogP contribution in [0, 0.1) is 0 Å². The molecule has 0 atom stereocenters. The molecular formula is C14H13S. The van der Waals surface area contributed by atoms with Gasteiger partial charge in [0.05, 0.1) is 0 Å². The van der Waals surface area contributed by atoms with E-state index in [0.717, 1.165) is 12.2 Å². The number of hydrogen-bond acceptors (Lipinski definition) is 0. The summed E-state index contributed by atoms with van der Waals surface area (Å²) in [4.78, 5) is 0. The Morgan fingerprint density at radius 1 is 0.800 bits per heavy atom. The van der Waals surface area contributed by atoms with Gasteiger partial charge in [0.1, 0.15) is 0 Å². The molecule has 0 heterocycles. The Kier molecular flexibility index (Phi) is 3.46. The van der Waals surface area contributed by atoms with E-state index in [-0.39, 0.29) is 0 Å². The molecule has 0 saturated heterocycles. The fourth-order valence-electron chi connectivity index (χ4n) is 1.75. The number of benzene rings is 2. The first-order valence-corrected chi connectivity index (χ1v) is 5.71. The van der Waals surface area contributed by atoms with E-state index in [9.17, 15) is 0 Å². The van der Waals surface area contributed by atoms with Crippen LogP contribution in [-0.4, -0.2) is 5.75 Å². The SMILES string of the molecule is [S]CCc1ccccc1-c1ccccc1. The van der Waals surface area contributed by atoms with Crippen molar-refractivity contribution in [3.63, 3.8) is 0 Å². The third-order valence-electron chi connectivity index (χ3n) is 2.47. The summed E-state index contributed by atoms with van der Waals surface area (Å²) >= 11 is 5.04. The van der Waals surface area contributed by atoms with E-state index in [1.165, 1.54) is 16.7 Å². The van der Waals surface area contributed by atoms with Crippen LogP contribution >= 0.6 is 12.6 Å². The molecule has 2 aromatic carbocycles. The molecular weight excluding hydrogens is 200 g/mol. The first-order valence-electron chi connectivity index (χ1n) is 5.13. The quantitative estimate of drug-likeness (QED) is 0.720. The maximum absolute atomic E-state index is 5.04. The predicted octanol–water partition coefficient (Wildman–Crippen LogP) is 4.09.